The molecular formula is C19H20ClN5O. The van der Waals surface area contributed by atoms with Crippen LogP contribution in [-0.2, 0) is 0 Å². The average molecular weight is 370 g/mol. The van der Waals surface area contributed by atoms with Crippen molar-refractivity contribution < 1.29 is 4.74 Å². The predicted octanol–water partition coefficient (Wildman–Crippen LogP) is 3.66. The van der Waals surface area contributed by atoms with Gasteiger partial charge in [0.15, 0.2) is 0 Å². The van der Waals surface area contributed by atoms with Gasteiger partial charge in [-0.1, -0.05) is 23.7 Å². The first-order valence-corrected chi connectivity index (χ1v) is 9.06. The van der Waals surface area contributed by atoms with Gasteiger partial charge in [-0.2, -0.15) is 10.1 Å². The second-order valence-electron chi connectivity index (χ2n) is 6.32. The lowest BCUT2D eigenvalue weighted by atomic mass is 9.89. The Labute approximate surface area is 157 Å². The van der Waals surface area contributed by atoms with Crippen LogP contribution in [0.15, 0.2) is 36.5 Å². The maximum atomic E-state index is 6.05. The van der Waals surface area contributed by atoms with Gasteiger partial charge in [0.1, 0.15) is 5.69 Å². The highest BCUT2D eigenvalue weighted by Crippen LogP contribution is 2.38. The summed E-state index contributed by atoms with van der Waals surface area (Å²) in [6.45, 7) is 2.01. The molecule has 26 heavy (non-hydrogen) atoms. The lowest BCUT2D eigenvalue weighted by Crippen LogP contribution is -2.27. The zero-order valence-corrected chi connectivity index (χ0v) is 15.3. The molecule has 1 aromatic carbocycles. The average Bonchev–Trinajstić information content (AvgIpc) is 3.14. The molecule has 0 radical (unpaired) electrons. The molecule has 0 bridgehead atoms. The highest BCUT2D eigenvalue weighted by Gasteiger charge is 2.25. The number of H-pyrrole nitrogens is 1. The van der Waals surface area contributed by atoms with Crippen LogP contribution in [0.25, 0.3) is 22.5 Å². The van der Waals surface area contributed by atoms with Gasteiger partial charge in [-0.05, 0) is 44.1 Å². The fourth-order valence-electron chi connectivity index (χ4n) is 3.42. The smallest absolute Gasteiger partial charge is 0.316 e. The molecule has 7 heteroatoms. The van der Waals surface area contributed by atoms with E-state index in [4.69, 9.17) is 16.3 Å². The Morgan fingerprint density at radius 1 is 1.12 bits per heavy atom. The summed E-state index contributed by atoms with van der Waals surface area (Å²) in [6.07, 6.45) is 3.85. The third kappa shape index (κ3) is 3.30. The molecule has 1 aliphatic rings. The van der Waals surface area contributed by atoms with Crippen molar-refractivity contribution in [1.82, 2.24) is 25.5 Å². The zero-order chi connectivity index (χ0) is 17.9. The molecule has 1 fully saturated rings. The summed E-state index contributed by atoms with van der Waals surface area (Å²) in [7, 11) is 1.57. The first kappa shape index (κ1) is 17.0. The van der Waals surface area contributed by atoms with Crippen molar-refractivity contribution in [3.05, 3.63) is 47.2 Å². The van der Waals surface area contributed by atoms with Crippen LogP contribution in [-0.4, -0.2) is 40.4 Å². The van der Waals surface area contributed by atoms with Crippen LogP contribution >= 0.6 is 11.6 Å². The van der Waals surface area contributed by atoms with Gasteiger partial charge in [0.25, 0.3) is 0 Å². The van der Waals surface area contributed by atoms with Gasteiger partial charge in [-0.15, -0.1) is 0 Å². The summed E-state index contributed by atoms with van der Waals surface area (Å²) in [5.74, 6) is 0.417. The van der Waals surface area contributed by atoms with E-state index < -0.39 is 0 Å². The highest BCUT2D eigenvalue weighted by molar-refractivity contribution is 6.30. The second kappa shape index (κ2) is 7.43. The summed E-state index contributed by atoms with van der Waals surface area (Å²) in [5.41, 5.74) is 4.82. The van der Waals surface area contributed by atoms with Crippen molar-refractivity contribution in [3.8, 4) is 28.5 Å². The number of rotatable bonds is 4. The van der Waals surface area contributed by atoms with E-state index in [1.807, 2.05) is 30.3 Å². The summed E-state index contributed by atoms with van der Waals surface area (Å²) in [4.78, 5) is 8.69. The van der Waals surface area contributed by atoms with Crippen LogP contribution in [0.2, 0.25) is 5.02 Å². The number of nitrogens with zero attached hydrogens (tertiary/aromatic N) is 3. The number of piperidine rings is 1. The van der Waals surface area contributed by atoms with Crippen molar-refractivity contribution in [3.63, 3.8) is 0 Å². The standard InChI is InChI=1S/C19H20ClN5O/c1-26-19-22-11-8-15(23-19)16-17(12-2-4-14(20)5-3-12)24-25-18(16)13-6-9-21-10-7-13/h2-5,8,11,13,21H,6-7,9-10H2,1H3,(H,24,25). The number of ether oxygens (including phenoxy) is 1. The van der Waals surface area contributed by atoms with Gasteiger partial charge in [-0.3, -0.25) is 5.10 Å². The fourth-order valence-corrected chi connectivity index (χ4v) is 3.54. The summed E-state index contributed by atoms with van der Waals surface area (Å²) in [5, 5.41) is 12.0. The van der Waals surface area contributed by atoms with Crippen LogP contribution in [0.5, 0.6) is 6.01 Å². The maximum absolute atomic E-state index is 6.05. The molecule has 0 atom stereocenters. The molecule has 1 aliphatic heterocycles. The Morgan fingerprint density at radius 2 is 1.88 bits per heavy atom. The molecule has 2 aromatic heterocycles. The molecule has 0 aliphatic carbocycles. The number of benzene rings is 1. The Hall–Kier alpha value is -2.44. The molecule has 0 saturated carbocycles. The molecule has 134 valence electrons. The lowest BCUT2D eigenvalue weighted by molar-refractivity contribution is 0.380. The van der Waals surface area contributed by atoms with Gasteiger partial charge < -0.3 is 10.1 Å². The van der Waals surface area contributed by atoms with Crippen LogP contribution in [0.4, 0.5) is 0 Å². The van der Waals surface area contributed by atoms with E-state index in [2.05, 4.69) is 25.5 Å². The van der Waals surface area contributed by atoms with Gasteiger partial charge in [0.05, 0.1) is 12.8 Å². The Kier molecular flexibility index (Phi) is 4.86. The summed E-state index contributed by atoms with van der Waals surface area (Å²) in [6, 6.07) is 9.96. The minimum absolute atomic E-state index is 0.349. The first-order chi connectivity index (χ1) is 12.8. The molecule has 1 saturated heterocycles. The highest BCUT2D eigenvalue weighted by atomic mass is 35.5. The van der Waals surface area contributed by atoms with Crippen molar-refractivity contribution in [1.29, 1.82) is 0 Å². The number of aromatic amines is 1. The number of halogens is 1. The monoisotopic (exact) mass is 369 g/mol. The largest absolute Gasteiger partial charge is 0.467 e. The van der Waals surface area contributed by atoms with Crippen molar-refractivity contribution >= 4 is 11.6 Å². The number of hydrogen-bond acceptors (Lipinski definition) is 5. The van der Waals surface area contributed by atoms with Crippen molar-refractivity contribution in [2.75, 3.05) is 20.2 Å². The van der Waals surface area contributed by atoms with Gasteiger partial charge >= 0.3 is 6.01 Å². The number of nitrogens with one attached hydrogen (secondary N) is 2. The van der Waals surface area contributed by atoms with E-state index in [1.54, 1.807) is 13.3 Å². The zero-order valence-electron chi connectivity index (χ0n) is 14.5. The topological polar surface area (TPSA) is 75.7 Å². The normalized spacial score (nSPS) is 15.2. The molecule has 3 heterocycles. The van der Waals surface area contributed by atoms with E-state index in [-0.39, 0.29) is 0 Å². The van der Waals surface area contributed by atoms with Crippen LogP contribution in [0, 0.1) is 0 Å². The number of hydrogen-bond donors (Lipinski definition) is 2. The molecule has 4 rings (SSSR count). The Balaban J connectivity index is 1.86. The molecule has 6 nitrogen and oxygen atoms in total. The van der Waals surface area contributed by atoms with Gasteiger partial charge in [0, 0.05) is 34.0 Å². The summed E-state index contributed by atoms with van der Waals surface area (Å²) < 4.78 is 5.22. The molecule has 3 aromatic rings. The summed E-state index contributed by atoms with van der Waals surface area (Å²) >= 11 is 6.05. The Bertz CT molecular complexity index is 887. The maximum Gasteiger partial charge on any atom is 0.316 e. The van der Waals surface area contributed by atoms with E-state index >= 15 is 0 Å². The number of aromatic nitrogens is 4. The third-order valence-corrected chi connectivity index (χ3v) is 4.98. The van der Waals surface area contributed by atoms with Gasteiger partial charge in [-0.25, -0.2) is 4.98 Å². The van der Waals surface area contributed by atoms with Crippen molar-refractivity contribution in [2.45, 2.75) is 18.8 Å². The first-order valence-electron chi connectivity index (χ1n) is 8.68. The lowest BCUT2D eigenvalue weighted by Gasteiger charge is -2.22. The van der Waals surface area contributed by atoms with E-state index in [0.717, 1.165) is 54.1 Å². The van der Waals surface area contributed by atoms with Crippen LogP contribution < -0.4 is 10.1 Å². The minimum atomic E-state index is 0.349. The molecule has 2 N–H and O–H groups in total. The minimum Gasteiger partial charge on any atom is -0.467 e. The molecule has 0 amide bonds. The molecule has 0 unspecified atom stereocenters. The van der Waals surface area contributed by atoms with E-state index in [0.29, 0.717) is 17.0 Å². The van der Waals surface area contributed by atoms with Crippen LogP contribution in [0.3, 0.4) is 0 Å². The van der Waals surface area contributed by atoms with E-state index in [1.165, 1.54) is 0 Å². The SMILES string of the molecule is COc1nccc(-c2c(-c3ccc(Cl)cc3)n[nH]c2C2CCNCC2)n1. The van der Waals surface area contributed by atoms with Crippen molar-refractivity contribution in [2.24, 2.45) is 0 Å². The molecular weight excluding hydrogens is 350 g/mol. The Morgan fingerprint density at radius 3 is 2.62 bits per heavy atom. The molecule has 0 spiro atoms. The number of methoxy groups -OCH3 is 1. The van der Waals surface area contributed by atoms with Crippen LogP contribution in [0.1, 0.15) is 24.5 Å². The third-order valence-electron chi connectivity index (χ3n) is 4.73. The van der Waals surface area contributed by atoms with E-state index in [9.17, 15) is 0 Å². The second-order valence-corrected chi connectivity index (χ2v) is 6.76. The quantitative estimate of drug-likeness (QED) is 0.734. The predicted molar refractivity (Wildman–Crippen MR) is 101 cm³/mol. The fraction of sp³-hybridized carbons (Fsp3) is 0.316. The van der Waals surface area contributed by atoms with Gasteiger partial charge in [0.2, 0.25) is 0 Å².